The van der Waals surface area contributed by atoms with Gasteiger partial charge in [-0.25, -0.2) is 4.98 Å². The number of benzene rings is 1. The lowest BCUT2D eigenvalue weighted by Crippen LogP contribution is -2.35. The summed E-state index contributed by atoms with van der Waals surface area (Å²) in [5.74, 6) is -0.0382. The number of amides is 1. The van der Waals surface area contributed by atoms with Crippen molar-refractivity contribution < 1.29 is 4.79 Å². The van der Waals surface area contributed by atoms with E-state index in [2.05, 4.69) is 40.4 Å². The number of aryl methyl sites for hydroxylation is 2. The highest BCUT2D eigenvalue weighted by Gasteiger charge is 2.28. The molecule has 7 nitrogen and oxygen atoms in total. The van der Waals surface area contributed by atoms with Crippen LogP contribution in [0.3, 0.4) is 0 Å². The molecule has 0 saturated heterocycles. The van der Waals surface area contributed by atoms with Crippen LogP contribution >= 0.6 is 22.7 Å². The maximum absolute atomic E-state index is 13.0. The second kappa shape index (κ2) is 10.9. The molecular formula is C28H33N5O2S2. The van der Waals surface area contributed by atoms with E-state index in [0.717, 1.165) is 56.6 Å². The summed E-state index contributed by atoms with van der Waals surface area (Å²) in [7, 11) is 0. The summed E-state index contributed by atoms with van der Waals surface area (Å²) in [4.78, 5) is 36.8. The number of thiophene rings is 1. The first kappa shape index (κ1) is 25.8. The molecule has 1 amide bonds. The lowest BCUT2D eigenvalue weighted by Gasteiger charge is -2.30. The maximum Gasteiger partial charge on any atom is 0.252 e. The molecule has 4 heterocycles. The summed E-state index contributed by atoms with van der Waals surface area (Å²) in [6.45, 7) is 11.1. The van der Waals surface area contributed by atoms with Crippen LogP contribution in [0, 0.1) is 13.8 Å². The monoisotopic (exact) mass is 535 g/mol. The number of hydrogen-bond acceptors (Lipinski definition) is 7. The number of anilines is 1. The number of hydrogen-bond donors (Lipinski definition) is 3. The van der Waals surface area contributed by atoms with Crippen molar-refractivity contribution in [2.45, 2.75) is 59.7 Å². The van der Waals surface area contributed by atoms with Crippen molar-refractivity contribution in [3.63, 3.8) is 0 Å². The van der Waals surface area contributed by atoms with Gasteiger partial charge in [-0.2, -0.15) is 0 Å². The molecular weight excluding hydrogens is 502 g/mol. The fourth-order valence-electron chi connectivity index (χ4n) is 4.86. The molecule has 4 aromatic rings. The summed E-state index contributed by atoms with van der Waals surface area (Å²) in [5, 5.41) is 8.33. The van der Waals surface area contributed by atoms with Gasteiger partial charge in [0, 0.05) is 60.3 Å². The normalized spacial score (nSPS) is 13.9. The number of thiazole rings is 1. The molecule has 0 radical (unpaired) electrons. The number of rotatable bonds is 8. The van der Waals surface area contributed by atoms with Gasteiger partial charge in [-0.3, -0.25) is 14.5 Å². The molecule has 0 atom stereocenters. The van der Waals surface area contributed by atoms with Gasteiger partial charge in [-0.1, -0.05) is 12.1 Å². The van der Waals surface area contributed by atoms with Crippen molar-refractivity contribution in [2.24, 2.45) is 0 Å². The number of H-pyrrole nitrogens is 1. The highest BCUT2D eigenvalue weighted by atomic mass is 32.1. The summed E-state index contributed by atoms with van der Waals surface area (Å²) in [6.07, 6.45) is 1.28. The largest absolute Gasteiger partial charge is 0.326 e. The Morgan fingerprint density at radius 2 is 2.03 bits per heavy atom. The number of aromatic amines is 1. The number of nitrogens with one attached hydrogen (secondary N) is 3. The minimum atomic E-state index is -0.0745. The van der Waals surface area contributed by atoms with E-state index in [1.807, 2.05) is 38.1 Å². The van der Waals surface area contributed by atoms with Crippen LogP contribution < -0.4 is 16.2 Å². The molecule has 0 bridgehead atoms. The van der Waals surface area contributed by atoms with E-state index >= 15 is 0 Å². The van der Waals surface area contributed by atoms with Gasteiger partial charge in [0.05, 0.1) is 10.2 Å². The standard InChI is InChI=1S/C28H33N5O2S2/c1-16(2)33-12-10-19-23(15-33)37-28(25(19)27-31-21-7-5-6-8-22(21)36-27)32-24(34)9-11-29-14-20-17(3)13-18(4)30-26(20)35/h5-8,13,16,29H,9-12,14-15H2,1-4H3,(H,30,35)(H,32,34). The van der Waals surface area contributed by atoms with Crippen LogP contribution in [0.15, 0.2) is 35.1 Å². The molecule has 1 aliphatic rings. The highest BCUT2D eigenvalue weighted by molar-refractivity contribution is 7.22. The molecule has 9 heteroatoms. The Kier molecular flexibility index (Phi) is 7.57. The first-order chi connectivity index (χ1) is 17.8. The number of fused-ring (bicyclic) bond motifs is 2. The number of aromatic nitrogens is 2. The Balaban J connectivity index is 1.32. The van der Waals surface area contributed by atoms with Crippen LogP contribution in [-0.2, 0) is 24.3 Å². The summed E-state index contributed by atoms with van der Waals surface area (Å²) >= 11 is 3.37. The van der Waals surface area contributed by atoms with Gasteiger partial charge in [0.2, 0.25) is 5.91 Å². The van der Waals surface area contributed by atoms with Crippen molar-refractivity contribution in [2.75, 3.05) is 18.4 Å². The summed E-state index contributed by atoms with van der Waals surface area (Å²) in [6, 6.07) is 10.6. The lowest BCUT2D eigenvalue weighted by molar-refractivity contribution is -0.116. The third-order valence-corrected chi connectivity index (χ3v) is 9.09. The Hall–Kier alpha value is -2.85. The van der Waals surface area contributed by atoms with E-state index < -0.39 is 0 Å². The molecule has 3 N–H and O–H groups in total. The SMILES string of the molecule is Cc1cc(C)c(CNCCC(=O)Nc2sc3c(c2-c2nc4ccccc4s2)CCN(C(C)C)C3)c(=O)[nH]1. The van der Waals surface area contributed by atoms with Gasteiger partial charge in [0.15, 0.2) is 0 Å². The molecule has 1 aromatic carbocycles. The van der Waals surface area contributed by atoms with E-state index in [9.17, 15) is 9.59 Å². The number of para-hydroxylation sites is 1. The number of carbonyl (C=O) groups excluding carboxylic acids is 1. The minimum absolute atomic E-state index is 0.0382. The zero-order valence-electron chi connectivity index (χ0n) is 21.7. The van der Waals surface area contributed by atoms with E-state index in [4.69, 9.17) is 4.98 Å². The molecule has 1 aliphatic heterocycles. The van der Waals surface area contributed by atoms with Crippen molar-refractivity contribution in [3.05, 3.63) is 67.9 Å². The molecule has 194 valence electrons. The number of nitrogens with zero attached hydrogens (tertiary/aromatic N) is 2. The molecule has 3 aromatic heterocycles. The minimum Gasteiger partial charge on any atom is -0.326 e. The van der Waals surface area contributed by atoms with Crippen LogP contribution in [0.25, 0.3) is 20.8 Å². The number of carbonyl (C=O) groups is 1. The third-order valence-electron chi connectivity index (χ3n) is 6.90. The molecule has 5 rings (SSSR count). The molecule has 0 spiro atoms. The third kappa shape index (κ3) is 5.55. The van der Waals surface area contributed by atoms with Gasteiger partial charge in [-0.15, -0.1) is 22.7 Å². The molecule has 0 unspecified atom stereocenters. The van der Waals surface area contributed by atoms with Gasteiger partial charge < -0.3 is 15.6 Å². The fraction of sp³-hybridized carbons (Fsp3) is 0.393. The van der Waals surface area contributed by atoms with Crippen LogP contribution in [0.4, 0.5) is 5.00 Å². The fourth-order valence-corrected chi connectivity index (χ4v) is 7.26. The Morgan fingerprint density at radius 1 is 1.22 bits per heavy atom. The summed E-state index contributed by atoms with van der Waals surface area (Å²) in [5.41, 5.74) is 5.85. The van der Waals surface area contributed by atoms with Gasteiger partial charge in [-0.05, 0) is 63.4 Å². The van der Waals surface area contributed by atoms with Crippen LogP contribution in [0.1, 0.15) is 47.5 Å². The first-order valence-electron chi connectivity index (χ1n) is 12.7. The van der Waals surface area contributed by atoms with Gasteiger partial charge in [0.25, 0.3) is 5.56 Å². The van der Waals surface area contributed by atoms with Crippen LogP contribution in [0.5, 0.6) is 0 Å². The first-order valence-corrected chi connectivity index (χ1v) is 14.4. The quantitative estimate of drug-likeness (QED) is 0.269. The van der Waals surface area contributed by atoms with Crippen molar-refractivity contribution >= 4 is 43.8 Å². The maximum atomic E-state index is 13.0. The molecule has 0 saturated carbocycles. The zero-order chi connectivity index (χ0) is 26.1. The molecule has 37 heavy (non-hydrogen) atoms. The van der Waals surface area contributed by atoms with Crippen molar-refractivity contribution in [1.29, 1.82) is 0 Å². The van der Waals surface area contributed by atoms with Crippen molar-refractivity contribution in [1.82, 2.24) is 20.2 Å². The van der Waals surface area contributed by atoms with Gasteiger partial charge >= 0.3 is 0 Å². The topological polar surface area (TPSA) is 90.1 Å². The van der Waals surface area contributed by atoms with E-state index in [-0.39, 0.29) is 11.5 Å². The van der Waals surface area contributed by atoms with E-state index in [0.29, 0.717) is 31.1 Å². The second-order valence-corrected chi connectivity index (χ2v) is 12.1. The zero-order valence-corrected chi connectivity index (χ0v) is 23.4. The van der Waals surface area contributed by atoms with E-state index in [1.165, 1.54) is 10.4 Å². The Bertz CT molecular complexity index is 1470. The number of pyridine rings is 1. The average molecular weight is 536 g/mol. The highest BCUT2D eigenvalue weighted by Crippen LogP contribution is 2.45. The Labute approximate surface area is 225 Å². The lowest BCUT2D eigenvalue weighted by atomic mass is 10.0. The van der Waals surface area contributed by atoms with Crippen LogP contribution in [-0.4, -0.2) is 39.9 Å². The molecule has 0 aliphatic carbocycles. The molecule has 0 fully saturated rings. The average Bonchev–Trinajstić information content (AvgIpc) is 3.42. The predicted octanol–water partition coefficient (Wildman–Crippen LogP) is 5.21. The Morgan fingerprint density at radius 3 is 2.78 bits per heavy atom. The smallest absolute Gasteiger partial charge is 0.252 e. The van der Waals surface area contributed by atoms with Gasteiger partial charge in [0.1, 0.15) is 10.0 Å². The van der Waals surface area contributed by atoms with Crippen molar-refractivity contribution in [3.8, 4) is 10.6 Å². The van der Waals surface area contributed by atoms with Crippen LogP contribution in [0.2, 0.25) is 0 Å². The van der Waals surface area contributed by atoms with E-state index in [1.54, 1.807) is 22.7 Å². The predicted molar refractivity (Wildman–Crippen MR) is 154 cm³/mol. The summed E-state index contributed by atoms with van der Waals surface area (Å²) < 4.78 is 1.15. The second-order valence-electron chi connectivity index (χ2n) is 9.93.